The minimum atomic E-state index is 0.626. The largest absolute Gasteiger partial charge is 0.492 e. The predicted octanol–water partition coefficient (Wildman–Crippen LogP) is 4.91. The van der Waals surface area contributed by atoms with Crippen LogP contribution in [0.15, 0.2) is 42.5 Å². The molecule has 2 aromatic rings. The lowest BCUT2D eigenvalue weighted by Crippen LogP contribution is -2.02. The van der Waals surface area contributed by atoms with Crippen molar-refractivity contribution in [2.45, 2.75) is 26.8 Å². The van der Waals surface area contributed by atoms with Crippen molar-refractivity contribution >= 4 is 17.3 Å². The van der Waals surface area contributed by atoms with Crippen molar-refractivity contribution < 1.29 is 4.74 Å². The Morgan fingerprint density at radius 2 is 1.90 bits per heavy atom. The maximum absolute atomic E-state index is 6.20. The molecular weight excluding hydrogens is 270 g/mol. The summed E-state index contributed by atoms with van der Waals surface area (Å²) in [7, 11) is 0. The molecule has 0 heterocycles. The fourth-order valence-electron chi connectivity index (χ4n) is 2.13. The van der Waals surface area contributed by atoms with Gasteiger partial charge < -0.3 is 10.1 Å². The topological polar surface area (TPSA) is 21.3 Å². The summed E-state index contributed by atoms with van der Waals surface area (Å²) < 4.78 is 5.44. The summed E-state index contributed by atoms with van der Waals surface area (Å²) in [4.78, 5) is 0. The van der Waals surface area contributed by atoms with E-state index in [0.717, 1.165) is 24.3 Å². The highest BCUT2D eigenvalue weighted by atomic mass is 35.5. The molecule has 2 aromatic carbocycles. The molecule has 3 heteroatoms. The van der Waals surface area contributed by atoms with E-state index in [0.29, 0.717) is 11.6 Å². The molecule has 1 N–H and O–H groups in total. The fraction of sp³-hybridized carbons (Fsp3) is 0.294. The zero-order valence-electron chi connectivity index (χ0n) is 11.9. The second-order valence-corrected chi connectivity index (χ2v) is 4.97. The average molecular weight is 290 g/mol. The van der Waals surface area contributed by atoms with Gasteiger partial charge in [-0.1, -0.05) is 42.8 Å². The first-order valence-electron chi connectivity index (χ1n) is 6.97. The van der Waals surface area contributed by atoms with Gasteiger partial charge in [-0.05, 0) is 42.7 Å². The van der Waals surface area contributed by atoms with E-state index in [1.165, 1.54) is 11.3 Å². The van der Waals surface area contributed by atoms with Crippen molar-refractivity contribution in [1.29, 1.82) is 0 Å². The maximum Gasteiger partial charge on any atom is 0.137 e. The van der Waals surface area contributed by atoms with Crippen LogP contribution in [0.25, 0.3) is 0 Å². The number of hydrogen-bond donors (Lipinski definition) is 1. The molecule has 106 valence electrons. The molecule has 0 saturated heterocycles. The fourth-order valence-corrected chi connectivity index (χ4v) is 2.38. The van der Waals surface area contributed by atoms with Gasteiger partial charge in [0.25, 0.3) is 0 Å². The molecule has 20 heavy (non-hydrogen) atoms. The minimum absolute atomic E-state index is 0.626. The summed E-state index contributed by atoms with van der Waals surface area (Å²) in [5, 5.41) is 4.12. The van der Waals surface area contributed by atoms with Crippen molar-refractivity contribution in [3.63, 3.8) is 0 Å². The van der Waals surface area contributed by atoms with Gasteiger partial charge in [0.05, 0.1) is 11.6 Å². The lowest BCUT2D eigenvalue weighted by Gasteiger charge is -2.12. The third kappa shape index (κ3) is 3.67. The van der Waals surface area contributed by atoms with Gasteiger partial charge in [-0.2, -0.15) is 0 Å². The molecular formula is C17H20ClNO. The van der Waals surface area contributed by atoms with Gasteiger partial charge in [0.2, 0.25) is 0 Å². The first-order valence-corrected chi connectivity index (χ1v) is 7.35. The van der Waals surface area contributed by atoms with E-state index in [1.54, 1.807) is 0 Å². The lowest BCUT2D eigenvalue weighted by atomic mass is 10.1. The number of halogens is 1. The summed E-state index contributed by atoms with van der Waals surface area (Å²) >= 11 is 6.20. The maximum atomic E-state index is 6.20. The number of aryl methyl sites for hydroxylation is 1. The third-order valence-electron chi connectivity index (χ3n) is 3.18. The van der Waals surface area contributed by atoms with Crippen molar-refractivity contribution in [3.8, 4) is 5.75 Å². The van der Waals surface area contributed by atoms with E-state index >= 15 is 0 Å². The Hall–Kier alpha value is -1.67. The highest BCUT2D eigenvalue weighted by Crippen LogP contribution is 2.26. The minimum Gasteiger partial charge on any atom is -0.492 e. The Balaban J connectivity index is 2.05. The van der Waals surface area contributed by atoms with Crippen LogP contribution in [-0.2, 0) is 13.0 Å². The van der Waals surface area contributed by atoms with Crippen LogP contribution in [0.2, 0.25) is 5.02 Å². The third-order valence-corrected chi connectivity index (χ3v) is 3.47. The van der Waals surface area contributed by atoms with E-state index < -0.39 is 0 Å². The number of ether oxygens (including phenoxy) is 1. The predicted molar refractivity (Wildman–Crippen MR) is 85.8 cm³/mol. The van der Waals surface area contributed by atoms with Crippen molar-refractivity contribution in [1.82, 2.24) is 0 Å². The molecule has 0 aromatic heterocycles. The molecule has 0 amide bonds. The zero-order chi connectivity index (χ0) is 14.4. The molecule has 0 unspecified atom stereocenters. The highest BCUT2D eigenvalue weighted by molar-refractivity contribution is 6.32. The molecule has 0 atom stereocenters. The van der Waals surface area contributed by atoms with Crippen LogP contribution < -0.4 is 10.1 Å². The molecule has 0 aliphatic rings. The molecule has 0 radical (unpaired) electrons. The van der Waals surface area contributed by atoms with Crippen molar-refractivity contribution in [2.24, 2.45) is 0 Å². The van der Waals surface area contributed by atoms with Crippen LogP contribution >= 0.6 is 11.6 Å². The Morgan fingerprint density at radius 1 is 1.10 bits per heavy atom. The van der Waals surface area contributed by atoms with Crippen LogP contribution in [0.4, 0.5) is 5.69 Å². The summed E-state index contributed by atoms with van der Waals surface area (Å²) in [6, 6.07) is 14.3. The van der Waals surface area contributed by atoms with Gasteiger partial charge in [-0.25, -0.2) is 0 Å². The van der Waals surface area contributed by atoms with E-state index in [9.17, 15) is 0 Å². The molecule has 0 spiro atoms. The summed E-state index contributed by atoms with van der Waals surface area (Å²) in [6.45, 7) is 5.49. The first-order chi connectivity index (χ1) is 9.74. The Bertz CT molecular complexity index is 569. The van der Waals surface area contributed by atoms with Crippen LogP contribution in [-0.4, -0.2) is 6.61 Å². The Morgan fingerprint density at radius 3 is 2.60 bits per heavy atom. The highest BCUT2D eigenvalue weighted by Gasteiger charge is 2.04. The number of nitrogens with one attached hydrogen (secondary N) is 1. The number of benzene rings is 2. The van der Waals surface area contributed by atoms with Gasteiger partial charge in [-0.3, -0.25) is 0 Å². The second-order valence-electron chi connectivity index (χ2n) is 4.56. The monoisotopic (exact) mass is 289 g/mol. The molecule has 2 rings (SSSR count). The molecule has 0 aliphatic carbocycles. The Labute approximate surface area is 125 Å². The summed E-state index contributed by atoms with van der Waals surface area (Å²) in [6.07, 6.45) is 1.02. The van der Waals surface area contributed by atoms with Gasteiger partial charge in [-0.15, -0.1) is 0 Å². The van der Waals surface area contributed by atoms with Crippen LogP contribution in [0.1, 0.15) is 25.0 Å². The molecule has 0 aliphatic heterocycles. The Kier molecular flexibility index (Phi) is 5.31. The first kappa shape index (κ1) is 14.7. The number of rotatable bonds is 6. The zero-order valence-corrected chi connectivity index (χ0v) is 12.7. The molecule has 0 saturated carbocycles. The van der Waals surface area contributed by atoms with E-state index in [2.05, 4.69) is 30.4 Å². The number of hydrogen-bond acceptors (Lipinski definition) is 2. The quantitative estimate of drug-likeness (QED) is 0.815. The van der Waals surface area contributed by atoms with Gasteiger partial charge in [0.1, 0.15) is 5.75 Å². The van der Waals surface area contributed by atoms with Crippen LogP contribution in [0.3, 0.4) is 0 Å². The van der Waals surface area contributed by atoms with Crippen molar-refractivity contribution in [3.05, 3.63) is 58.6 Å². The lowest BCUT2D eigenvalue weighted by molar-refractivity contribution is 0.340. The van der Waals surface area contributed by atoms with Gasteiger partial charge >= 0.3 is 0 Å². The van der Waals surface area contributed by atoms with Crippen LogP contribution in [0, 0.1) is 0 Å². The summed E-state index contributed by atoms with van der Waals surface area (Å²) in [5.74, 6) is 0.742. The number of para-hydroxylation sites is 1. The molecule has 0 bridgehead atoms. The average Bonchev–Trinajstić information content (AvgIpc) is 2.48. The van der Waals surface area contributed by atoms with E-state index in [-0.39, 0.29) is 0 Å². The van der Waals surface area contributed by atoms with E-state index in [4.69, 9.17) is 16.3 Å². The van der Waals surface area contributed by atoms with E-state index in [1.807, 2.05) is 31.2 Å². The summed E-state index contributed by atoms with van der Waals surface area (Å²) in [5.41, 5.74) is 3.65. The molecule has 2 nitrogen and oxygen atoms in total. The normalized spacial score (nSPS) is 10.3. The van der Waals surface area contributed by atoms with Crippen molar-refractivity contribution in [2.75, 3.05) is 11.9 Å². The smallest absolute Gasteiger partial charge is 0.137 e. The van der Waals surface area contributed by atoms with Gasteiger partial charge in [0.15, 0.2) is 0 Å². The van der Waals surface area contributed by atoms with Gasteiger partial charge in [0, 0.05) is 12.2 Å². The second kappa shape index (κ2) is 7.20. The van der Waals surface area contributed by atoms with Crippen LogP contribution in [0.5, 0.6) is 5.75 Å². The molecule has 0 fully saturated rings. The SMILES string of the molecule is CCOc1ccc(CNc2ccccc2CC)cc1Cl. The standard InChI is InChI=1S/C17H20ClNO/c1-3-14-7-5-6-8-16(14)19-12-13-9-10-17(20-4-2)15(18)11-13/h5-11,19H,3-4,12H2,1-2H3. The number of anilines is 1.